The van der Waals surface area contributed by atoms with Gasteiger partial charge in [0, 0.05) is 24.3 Å². The maximum absolute atomic E-state index is 11.9. The summed E-state index contributed by atoms with van der Waals surface area (Å²) in [5.41, 5.74) is 2.53. The third-order valence-corrected chi connectivity index (χ3v) is 3.63. The first-order chi connectivity index (χ1) is 9.45. The number of nitrogens with one attached hydrogen (secondary N) is 2. The highest BCUT2D eigenvalue weighted by atomic mass is 16.5. The number of ether oxygens (including phenoxy) is 2. The van der Waals surface area contributed by atoms with E-state index in [9.17, 15) is 4.79 Å². The average Bonchev–Trinajstić information content (AvgIpc) is 2.38. The van der Waals surface area contributed by atoms with Crippen molar-refractivity contribution in [3.05, 3.63) is 23.3 Å². The predicted molar refractivity (Wildman–Crippen MR) is 78.3 cm³/mol. The molecule has 110 valence electrons. The summed E-state index contributed by atoms with van der Waals surface area (Å²) in [7, 11) is 1.63. The normalized spacial score (nSPS) is 16.4. The van der Waals surface area contributed by atoms with E-state index < -0.39 is 0 Å². The molecule has 1 aliphatic heterocycles. The first-order valence-electron chi connectivity index (χ1n) is 6.74. The lowest BCUT2D eigenvalue weighted by Gasteiger charge is -2.38. The molecule has 20 heavy (non-hydrogen) atoms. The number of anilines is 1. The first kappa shape index (κ1) is 14.8. The summed E-state index contributed by atoms with van der Waals surface area (Å²) in [6.45, 7) is 7.55. The Morgan fingerprint density at radius 3 is 2.65 bits per heavy atom. The smallest absolute Gasteiger partial charge is 0.250 e. The Bertz CT molecular complexity index is 510. The van der Waals surface area contributed by atoms with Gasteiger partial charge in [-0.3, -0.25) is 4.79 Å². The first-order valence-corrected chi connectivity index (χ1v) is 6.74. The predicted octanol–water partition coefficient (Wildman–Crippen LogP) is 1.63. The number of carbonyl (C=O) groups excluding carboxylic acids is 1. The zero-order chi connectivity index (χ0) is 14.8. The van der Waals surface area contributed by atoms with Gasteiger partial charge in [-0.15, -0.1) is 0 Å². The molecular weight excluding hydrogens is 256 g/mol. The van der Waals surface area contributed by atoms with Crippen LogP contribution in [0, 0.1) is 13.8 Å². The molecule has 0 atom stereocenters. The summed E-state index contributed by atoms with van der Waals surface area (Å²) in [5, 5.41) is 6.00. The molecule has 0 aliphatic carbocycles. The van der Waals surface area contributed by atoms with Crippen LogP contribution in [0.3, 0.4) is 0 Å². The van der Waals surface area contributed by atoms with Crippen molar-refractivity contribution in [1.29, 1.82) is 0 Å². The summed E-state index contributed by atoms with van der Waals surface area (Å²) < 4.78 is 11.0. The van der Waals surface area contributed by atoms with Gasteiger partial charge in [0.25, 0.3) is 0 Å². The summed E-state index contributed by atoms with van der Waals surface area (Å²) in [6.07, 6.45) is 0. The molecule has 0 aromatic heterocycles. The fraction of sp³-hybridized carbons (Fsp3) is 0.533. The molecule has 2 N–H and O–H groups in total. The van der Waals surface area contributed by atoms with Crippen LogP contribution in [0.1, 0.15) is 18.1 Å². The summed E-state index contributed by atoms with van der Waals surface area (Å²) in [6, 6.07) is 3.82. The molecule has 0 bridgehead atoms. The second kappa shape index (κ2) is 5.81. The summed E-state index contributed by atoms with van der Waals surface area (Å²) in [5.74, 6) is 0.658. The number of hydrogen-bond donors (Lipinski definition) is 2. The van der Waals surface area contributed by atoms with E-state index in [1.807, 2.05) is 32.9 Å². The molecule has 1 aliphatic rings. The summed E-state index contributed by atoms with van der Waals surface area (Å²) >= 11 is 0. The van der Waals surface area contributed by atoms with Crippen molar-refractivity contribution in [2.24, 2.45) is 0 Å². The molecule has 0 radical (unpaired) electrons. The number of amides is 1. The minimum atomic E-state index is -0.211. The van der Waals surface area contributed by atoms with Gasteiger partial charge in [0.2, 0.25) is 5.91 Å². The van der Waals surface area contributed by atoms with E-state index in [0.717, 1.165) is 35.7 Å². The van der Waals surface area contributed by atoms with Crippen molar-refractivity contribution in [3.8, 4) is 5.75 Å². The van der Waals surface area contributed by atoms with Gasteiger partial charge in [0.05, 0.1) is 12.7 Å². The van der Waals surface area contributed by atoms with Gasteiger partial charge < -0.3 is 20.1 Å². The van der Waals surface area contributed by atoms with Crippen LogP contribution in [0.2, 0.25) is 0 Å². The van der Waals surface area contributed by atoms with Crippen molar-refractivity contribution in [2.75, 3.05) is 32.1 Å². The molecule has 0 spiro atoms. The molecule has 0 unspecified atom stereocenters. The molecule has 1 fully saturated rings. The van der Waals surface area contributed by atoms with E-state index in [4.69, 9.17) is 9.47 Å². The van der Waals surface area contributed by atoms with Crippen LogP contribution in [0.15, 0.2) is 12.1 Å². The van der Waals surface area contributed by atoms with Crippen molar-refractivity contribution >= 4 is 11.6 Å². The molecule has 1 heterocycles. The van der Waals surface area contributed by atoms with Crippen LogP contribution in [-0.2, 0) is 9.53 Å². The van der Waals surface area contributed by atoms with Crippen molar-refractivity contribution < 1.29 is 14.3 Å². The topological polar surface area (TPSA) is 59.6 Å². The quantitative estimate of drug-likeness (QED) is 0.859. The number of aryl methyl sites for hydroxylation is 1. The molecule has 5 heteroatoms. The third kappa shape index (κ3) is 3.11. The van der Waals surface area contributed by atoms with Crippen LogP contribution in [-0.4, -0.2) is 38.3 Å². The molecule has 0 saturated carbocycles. The van der Waals surface area contributed by atoms with Gasteiger partial charge in [0.15, 0.2) is 0 Å². The average molecular weight is 278 g/mol. The molecule has 1 saturated heterocycles. The van der Waals surface area contributed by atoms with Crippen molar-refractivity contribution in [3.63, 3.8) is 0 Å². The Morgan fingerprint density at radius 1 is 1.40 bits per heavy atom. The van der Waals surface area contributed by atoms with Crippen molar-refractivity contribution in [1.82, 2.24) is 5.32 Å². The highest BCUT2D eigenvalue weighted by Crippen LogP contribution is 2.29. The van der Waals surface area contributed by atoms with Gasteiger partial charge in [-0.25, -0.2) is 0 Å². The van der Waals surface area contributed by atoms with Gasteiger partial charge in [-0.05, 0) is 32.4 Å². The Labute approximate surface area is 119 Å². The highest BCUT2D eigenvalue weighted by molar-refractivity contribution is 5.93. The highest BCUT2D eigenvalue weighted by Gasteiger charge is 2.33. The van der Waals surface area contributed by atoms with E-state index in [1.54, 1.807) is 7.11 Å². The molecule has 1 amide bonds. The molecule has 2 rings (SSSR count). The minimum absolute atomic E-state index is 0.0633. The van der Waals surface area contributed by atoms with Gasteiger partial charge in [-0.1, -0.05) is 6.07 Å². The van der Waals surface area contributed by atoms with Gasteiger partial charge >= 0.3 is 0 Å². The number of carbonyl (C=O) groups is 1. The fourth-order valence-electron chi connectivity index (χ4n) is 2.28. The lowest BCUT2D eigenvalue weighted by molar-refractivity contribution is -0.130. The van der Waals surface area contributed by atoms with Crippen LogP contribution in [0.5, 0.6) is 5.75 Å². The van der Waals surface area contributed by atoms with Crippen LogP contribution < -0.4 is 15.4 Å². The Morgan fingerprint density at radius 2 is 2.10 bits per heavy atom. The number of methoxy groups -OCH3 is 1. The second-order valence-electron chi connectivity index (χ2n) is 5.48. The molecule has 5 nitrogen and oxygen atoms in total. The van der Waals surface area contributed by atoms with Gasteiger partial charge in [0.1, 0.15) is 12.4 Å². The van der Waals surface area contributed by atoms with Gasteiger partial charge in [-0.2, -0.15) is 0 Å². The Kier molecular flexibility index (Phi) is 4.30. The molecular formula is C15H22N2O3. The Hall–Kier alpha value is -1.59. The second-order valence-corrected chi connectivity index (χ2v) is 5.48. The summed E-state index contributed by atoms with van der Waals surface area (Å²) in [4.78, 5) is 11.9. The lowest BCUT2D eigenvalue weighted by atomic mass is 10.0. The van der Waals surface area contributed by atoms with E-state index in [2.05, 4.69) is 10.6 Å². The maximum atomic E-state index is 11.9. The van der Waals surface area contributed by atoms with Crippen LogP contribution >= 0.6 is 0 Å². The zero-order valence-corrected chi connectivity index (χ0v) is 12.5. The van der Waals surface area contributed by atoms with E-state index in [-0.39, 0.29) is 18.1 Å². The lowest BCUT2D eigenvalue weighted by Crippen LogP contribution is -2.59. The maximum Gasteiger partial charge on any atom is 0.250 e. The largest absolute Gasteiger partial charge is 0.496 e. The van der Waals surface area contributed by atoms with E-state index in [0.29, 0.717) is 0 Å². The monoisotopic (exact) mass is 278 g/mol. The fourth-order valence-corrected chi connectivity index (χ4v) is 2.28. The zero-order valence-electron chi connectivity index (χ0n) is 12.5. The SMILES string of the molecule is COc1c(C)ccc(NC(=O)COC2(C)CNC2)c1C. The molecule has 1 aromatic carbocycles. The minimum Gasteiger partial charge on any atom is -0.496 e. The number of rotatable bonds is 5. The number of hydrogen-bond acceptors (Lipinski definition) is 4. The van der Waals surface area contributed by atoms with Crippen LogP contribution in [0.25, 0.3) is 0 Å². The van der Waals surface area contributed by atoms with Crippen molar-refractivity contribution in [2.45, 2.75) is 26.4 Å². The Balaban J connectivity index is 1.97. The standard InChI is InChI=1S/C15H22N2O3/c1-10-5-6-12(11(2)14(10)19-4)17-13(18)7-20-15(3)8-16-9-15/h5-6,16H,7-9H2,1-4H3,(H,17,18). The van der Waals surface area contributed by atoms with E-state index >= 15 is 0 Å². The van der Waals surface area contributed by atoms with Crippen LogP contribution in [0.4, 0.5) is 5.69 Å². The number of benzene rings is 1. The van der Waals surface area contributed by atoms with E-state index in [1.165, 1.54) is 0 Å². The third-order valence-electron chi connectivity index (χ3n) is 3.63. The molecule has 1 aromatic rings.